The maximum Gasteiger partial charge on any atom is 0.318 e. The molecule has 0 aliphatic carbocycles. The van der Waals surface area contributed by atoms with Crippen molar-refractivity contribution >= 4 is 23.5 Å². The molecule has 0 saturated carbocycles. The molecule has 0 aliphatic heterocycles. The van der Waals surface area contributed by atoms with Crippen LogP contribution in [-0.4, -0.2) is 75.0 Å². The van der Waals surface area contributed by atoms with Crippen LogP contribution in [0.1, 0.15) is 189 Å². The first kappa shape index (κ1) is 62.3. The summed E-state index contributed by atoms with van der Waals surface area (Å²) in [6.07, 6.45) is 21.6. The van der Waals surface area contributed by atoms with Crippen LogP contribution in [0.4, 0.5) is 4.79 Å². The van der Waals surface area contributed by atoms with E-state index in [0.717, 1.165) is 132 Å². The molecule has 1 rings (SSSR count). The fraction of sp³-hybridized carbons (Fsp3) is 0.783. The van der Waals surface area contributed by atoms with Gasteiger partial charge in [-0.05, 0) is 77.0 Å². The number of nitrogens with one attached hydrogen (secondary N) is 2. The van der Waals surface area contributed by atoms with Gasteiger partial charge in [-0.25, -0.2) is 4.79 Å². The van der Waals surface area contributed by atoms with Gasteiger partial charge < -0.3 is 50.2 Å². The molecule has 1 aromatic carbocycles. The molecule has 0 aromatic heterocycles. The number of nitrogens with zero attached hydrogens (tertiary/aromatic N) is 1. The van der Waals surface area contributed by atoms with E-state index < -0.39 is 11.0 Å². The van der Waals surface area contributed by atoms with E-state index in [2.05, 4.69) is 43.2 Å². The Labute approximate surface area is 368 Å². The van der Waals surface area contributed by atoms with E-state index >= 15 is 0 Å². The molecule has 0 saturated heterocycles. The summed E-state index contributed by atoms with van der Waals surface area (Å²) in [6, 6.07) is 8.19. The lowest BCUT2D eigenvalue weighted by Gasteiger charge is -2.33. The predicted octanol–water partition coefficient (Wildman–Crippen LogP) is 1.10. The summed E-state index contributed by atoms with van der Waals surface area (Å²) < 4.78 is 10.4. The Morgan fingerprint density at radius 1 is 0.759 bits per heavy atom. The lowest BCUT2D eigenvalue weighted by atomic mass is 9.79. The Bertz CT molecular complexity index is 1210. The van der Waals surface area contributed by atoms with Gasteiger partial charge >= 0.3 is 12.0 Å². The molecule has 342 valence electrons. The molecule has 0 heterocycles. The number of hydrogen-bond acceptors (Lipinski definition) is 5. The van der Waals surface area contributed by atoms with E-state index in [1.54, 1.807) is 7.11 Å². The molecule has 8 N–H and O–H groups in total. The minimum absolute atomic E-state index is 0. The van der Waals surface area contributed by atoms with E-state index in [1.807, 2.05) is 30.9 Å². The van der Waals surface area contributed by atoms with Gasteiger partial charge in [0.1, 0.15) is 12.3 Å². The molecule has 12 heteroatoms. The van der Waals surface area contributed by atoms with Gasteiger partial charge in [0.05, 0.1) is 25.1 Å². The van der Waals surface area contributed by atoms with Crippen molar-refractivity contribution < 1.29 is 54.3 Å². The highest BCUT2D eigenvalue weighted by atomic mass is 35.5. The highest BCUT2D eigenvalue weighted by molar-refractivity contribution is 5.78. The Balaban J connectivity index is -0.00000364. The molecule has 0 fully saturated rings. The van der Waals surface area contributed by atoms with Gasteiger partial charge in [0.15, 0.2) is 0 Å². The lowest BCUT2D eigenvalue weighted by molar-refractivity contribution is -0.454. The molecular weight excluding hydrogens is 771 g/mol. The summed E-state index contributed by atoms with van der Waals surface area (Å²) in [4.78, 5) is 31.6. The number of amidine groups is 1. The van der Waals surface area contributed by atoms with Crippen LogP contribution in [0.2, 0.25) is 0 Å². The van der Waals surface area contributed by atoms with Crippen LogP contribution < -0.4 is 52.0 Å². The topological polar surface area (TPSA) is 159 Å². The molecule has 1 aromatic rings. The van der Waals surface area contributed by atoms with Crippen molar-refractivity contribution in [3.05, 3.63) is 35.4 Å². The van der Waals surface area contributed by atoms with Crippen LogP contribution in [0.25, 0.3) is 0 Å². The molecule has 0 unspecified atom stereocenters. The van der Waals surface area contributed by atoms with Crippen molar-refractivity contribution in [1.29, 1.82) is 0 Å². The molecule has 0 atom stereocenters. The van der Waals surface area contributed by atoms with Crippen LogP contribution in [0, 0.1) is 0 Å². The average Bonchev–Trinajstić information content (AvgIpc) is 3.12. The number of halogens is 2. The number of methoxy groups -OCH3 is 1. The summed E-state index contributed by atoms with van der Waals surface area (Å²) in [6.45, 7) is 14.0. The number of rotatable bonds is 33. The fourth-order valence-electron chi connectivity index (χ4n) is 6.79. The first-order chi connectivity index (χ1) is 25.9. The van der Waals surface area contributed by atoms with Crippen molar-refractivity contribution in [2.75, 3.05) is 46.5 Å². The number of esters is 1. The minimum Gasteiger partial charge on any atom is -1.00 e. The number of nitrogens with two attached hydrogens (primary N) is 3. The second-order valence-corrected chi connectivity index (χ2v) is 16.3. The van der Waals surface area contributed by atoms with Crippen molar-refractivity contribution in [3.8, 4) is 0 Å². The smallest absolute Gasteiger partial charge is 0.318 e. The Morgan fingerprint density at radius 3 is 1.76 bits per heavy atom. The third-order valence-corrected chi connectivity index (χ3v) is 10.4. The summed E-state index contributed by atoms with van der Waals surface area (Å²) in [7, 11) is 1.59. The van der Waals surface area contributed by atoms with Crippen molar-refractivity contribution in [2.45, 2.75) is 189 Å². The number of benzene rings is 1. The Kier molecular flexibility index (Phi) is 40.3. The van der Waals surface area contributed by atoms with Gasteiger partial charge in [0.2, 0.25) is 5.84 Å². The number of amides is 2. The summed E-state index contributed by atoms with van der Waals surface area (Å²) in [5.74, 6) is 0.624. The van der Waals surface area contributed by atoms with Gasteiger partial charge in [0, 0.05) is 44.9 Å². The van der Waals surface area contributed by atoms with E-state index in [4.69, 9.17) is 26.4 Å². The summed E-state index contributed by atoms with van der Waals surface area (Å²) in [5.41, 5.74) is 13.7. The van der Waals surface area contributed by atoms with Gasteiger partial charge in [-0.3, -0.25) is 20.9 Å². The monoisotopic (exact) mass is 861 g/mol. The highest BCUT2D eigenvalue weighted by Crippen LogP contribution is 2.31. The predicted molar refractivity (Wildman–Crippen MR) is 238 cm³/mol. The Hall–Kier alpha value is -2.40. The third kappa shape index (κ3) is 29.8. The molecule has 0 radical (unpaired) electrons. The van der Waals surface area contributed by atoms with E-state index in [-0.39, 0.29) is 64.7 Å². The zero-order chi connectivity index (χ0) is 40.1. The molecule has 0 bridgehead atoms. The number of hydrogen-bond donors (Lipinski definition) is 5. The maximum absolute atomic E-state index is 13.9. The molecule has 0 aliphatic rings. The first-order valence-corrected chi connectivity index (χ1v) is 21.3. The number of carbonyl (C=O) groups is 2. The largest absolute Gasteiger partial charge is 1.00 e. The second-order valence-electron chi connectivity index (χ2n) is 16.3. The number of ether oxygens (including phenoxy) is 2. The lowest BCUT2D eigenvalue weighted by Crippen LogP contribution is -3.00. The maximum atomic E-state index is 13.9. The first-order valence-electron chi connectivity index (χ1n) is 21.3. The average molecular weight is 862 g/mol. The van der Waals surface area contributed by atoms with Gasteiger partial charge in [-0.1, -0.05) is 117 Å². The van der Waals surface area contributed by atoms with Crippen molar-refractivity contribution in [2.24, 2.45) is 11.5 Å². The fourth-order valence-corrected chi connectivity index (χ4v) is 6.79. The second kappa shape index (κ2) is 37.6. The van der Waals surface area contributed by atoms with Crippen LogP contribution in [0.15, 0.2) is 24.3 Å². The Morgan fingerprint density at radius 2 is 1.24 bits per heavy atom. The van der Waals surface area contributed by atoms with Crippen molar-refractivity contribution in [3.63, 3.8) is 0 Å². The quantitative estimate of drug-likeness (QED) is 0.0309. The molecule has 58 heavy (non-hydrogen) atoms. The molecule has 10 nitrogen and oxygen atoms in total. The number of carbonyl (C=O) groups excluding carboxylic acids is 2. The number of unbranched alkanes of at least 4 members (excludes halogenated alkanes) is 13. The molecule has 2 amide bonds. The molecule has 0 spiro atoms. The van der Waals surface area contributed by atoms with Crippen LogP contribution in [0.3, 0.4) is 0 Å². The zero-order valence-electron chi connectivity index (χ0n) is 36.3. The molecular formula is C46H90Cl2N6O4. The number of urea groups is 1. The normalized spacial score (nSPS) is 11.3. The van der Waals surface area contributed by atoms with Crippen molar-refractivity contribution in [1.82, 2.24) is 10.2 Å². The summed E-state index contributed by atoms with van der Waals surface area (Å²) in [5, 5.41) is 9.69. The SMILES string of the molecule is C.C.CC[NH+]=C(N)CCCCCCCN(CCCCCCCC(=[NH2+])CCCCCCCCN)C(=O)NC(C)(C)c1cccc(C(C)(C)CC(=O)OCCOC)c1.[Cl-].[Cl-]. The van der Waals surface area contributed by atoms with Gasteiger partial charge in [0.25, 0.3) is 0 Å². The van der Waals surface area contributed by atoms with Gasteiger partial charge in [-0.15, -0.1) is 0 Å². The summed E-state index contributed by atoms with van der Waals surface area (Å²) >= 11 is 0. The minimum atomic E-state index is -0.607. The standard InChI is InChI=1S/C44H80N6O4.2CH4.2ClH/c1-7-48-40(47)29-20-14-11-17-23-32-50(31-22-16-10-13-19-28-39(46)27-18-12-8-9-15-21-30-45)42(52)49-44(4,5)38-26-24-25-37(35-38)43(2,3)36-41(51)54-34-33-53-6;;;;/h24-26,35,46H,7-23,27-34,36,45H2,1-6H3,(H2,47,48)(H,49,52);2*1H4;2*1H. The van der Waals surface area contributed by atoms with Crippen LogP contribution >= 0.6 is 0 Å². The van der Waals surface area contributed by atoms with Crippen LogP contribution in [0.5, 0.6) is 0 Å². The van der Waals surface area contributed by atoms with E-state index in [9.17, 15) is 9.59 Å². The van der Waals surface area contributed by atoms with Gasteiger partial charge in [-0.2, -0.15) is 0 Å². The van der Waals surface area contributed by atoms with Crippen LogP contribution in [-0.2, 0) is 25.2 Å². The zero-order valence-corrected chi connectivity index (χ0v) is 37.8. The third-order valence-electron chi connectivity index (χ3n) is 10.4. The van der Waals surface area contributed by atoms with E-state index in [0.29, 0.717) is 6.61 Å². The highest BCUT2D eigenvalue weighted by Gasteiger charge is 2.30. The van der Waals surface area contributed by atoms with E-state index in [1.165, 1.54) is 38.5 Å².